The highest BCUT2D eigenvalue weighted by Crippen LogP contribution is 2.09. The lowest BCUT2D eigenvalue weighted by molar-refractivity contribution is 0.115. The molecule has 1 rings (SSSR count). The van der Waals surface area contributed by atoms with E-state index in [1.54, 1.807) is 6.92 Å². The molecule has 0 saturated carbocycles. The summed E-state index contributed by atoms with van der Waals surface area (Å²) in [5, 5.41) is 15.0. The molecule has 0 spiro atoms. The summed E-state index contributed by atoms with van der Waals surface area (Å²) in [7, 11) is 0. The summed E-state index contributed by atoms with van der Waals surface area (Å²) in [6.07, 6.45) is 2.62. The third-order valence-electron chi connectivity index (χ3n) is 1.64. The quantitative estimate of drug-likeness (QED) is 0.607. The second kappa shape index (κ2) is 3.01. The maximum Gasteiger partial charge on any atom is 0.0703 e. The van der Waals surface area contributed by atoms with E-state index < -0.39 is 0 Å². The number of aliphatic hydroxyl groups excluding tert-OH is 1. The highest BCUT2D eigenvalue weighted by molar-refractivity contribution is 5.59. The van der Waals surface area contributed by atoms with Gasteiger partial charge in [0.15, 0.2) is 0 Å². The van der Waals surface area contributed by atoms with Crippen molar-refractivity contribution in [2.45, 2.75) is 32.4 Å². The molecule has 0 bridgehead atoms. The molecule has 0 amide bonds. The van der Waals surface area contributed by atoms with E-state index >= 15 is 0 Å². The Balaban J connectivity index is 2.33. The zero-order valence-corrected chi connectivity index (χ0v) is 6.49. The third kappa shape index (κ3) is 1.70. The largest absolute Gasteiger partial charge is 0.392 e. The molecule has 10 heavy (non-hydrogen) atoms. The van der Waals surface area contributed by atoms with Crippen LogP contribution in [0.5, 0.6) is 0 Å². The van der Waals surface area contributed by atoms with Gasteiger partial charge < -0.3 is 5.11 Å². The maximum absolute atomic E-state index is 9.02. The van der Waals surface area contributed by atoms with Gasteiger partial charge in [-0.25, -0.2) is 0 Å². The molecule has 0 aromatic rings. The van der Waals surface area contributed by atoms with Gasteiger partial charge in [-0.15, -0.1) is 0 Å². The van der Waals surface area contributed by atoms with Crippen LogP contribution in [0.1, 0.15) is 20.3 Å². The Morgan fingerprint density at radius 2 is 2.60 bits per heavy atom. The van der Waals surface area contributed by atoms with Crippen molar-refractivity contribution in [1.29, 1.82) is 0 Å². The van der Waals surface area contributed by atoms with Crippen LogP contribution in [0.25, 0.3) is 0 Å². The van der Waals surface area contributed by atoms with Crippen LogP contribution in [0.4, 0.5) is 0 Å². The zero-order valence-electron chi connectivity index (χ0n) is 6.49. The van der Waals surface area contributed by atoms with E-state index in [1.165, 1.54) is 0 Å². The van der Waals surface area contributed by atoms with E-state index in [-0.39, 0.29) is 6.10 Å². The molecule has 1 N–H and O–H groups in total. The van der Waals surface area contributed by atoms with Gasteiger partial charge >= 0.3 is 0 Å². The molecule has 1 aliphatic rings. The second-order valence-electron chi connectivity index (χ2n) is 2.85. The lowest BCUT2D eigenvalue weighted by atomic mass is 10.2. The predicted octanol–water partition coefficient (Wildman–Crippen LogP) is 0.447. The molecule has 0 radical (unpaired) electrons. The van der Waals surface area contributed by atoms with Gasteiger partial charge in [-0.05, 0) is 13.8 Å². The smallest absolute Gasteiger partial charge is 0.0703 e. The van der Waals surface area contributed by atoms with Crippen molar-refractivity contribution in [2.24, 2.45) is 5.10 Å². The van der Waals surface area contributed by atoms with Crippen molar-refractivity contribution in [2.75, 3.05) is 6.54 Å². The third-order valence-corrected chi connectivity index (χ3v) is 1.64. The number of hydrazone groups is 1. The van der Waals surface area contributed by atoms with Crippen molar-refractivity contribution < 1.29 is 5.11 Å². The van der Waals surface area contributed by atoms with Crippen molar-refractivity contribution in [1.82, 2.24) is 5.01 Å². The van der Waals surface area contributed by atoms with Crippen molar-refractivity contribution >= 4 is 6.21 Å². The molecule has 0 saturated heterocycles. The summed E-state index contributed by atoms with van der Waals surface area (Å²) >= 11 is 0. The van der Waals surface area contributed by atoms with E-state index in [9.17, 15) is 0 Å². The van der Waals surface area contributed by atoms with Gasteiger partial charge in [0.1, 0.15) is 0 Å². The zero-order chi connectivity index (χ0) is 7.56. The summed E-state index contributed by atoms with van der Waals surface area (Å²) in [5.41, 5.74) is 0. The van der Waals surface area contributed by atoms with Crippen LogP contribution in [-0.4, -0.2) is 35.0 Å². The summed E-state index contributed by atoms with van der Waals surface area (Å²) < 4.78 is 0. The first-order chi connectivity index (χ1) is 4.70. The molecular formula is C7H14N2O. The Hall–Kier alpha value is -0.570. The van der Waals surface area contributed by atoms with Gasteiger partial charge in [0.05, 0.1) is 12.6 Å². The molecule has 3 nitrogen and oxygen atoms in total. The fourth-order valence-corrected chi connectivity index (χ4v) is 1.04. The minimum Gasteiger partial charge on any atom is -0.392 e. The molecule has 0 fully saturated rings. The van der Waals surface area contributed by atoms with Crippen molar-refractivity contribution in [3.05, 3.63) is 0 Å². The van der Waals surface area contributed by atoms with Crippen LogP contribution in [0, 0.1) is 0 Å². The molecule has 1 heterocycles. The van der Waals surface area contributed by atoms with Gasteiger partial charge in [-0.2, -0.15) is 5.10 Å². The number of rotatable bonds is 2. The minimum absolute atomic E-state index is 0.280. The topological polar surface area (TPSA) is 35.8 Å². The monoisotopic (exact) mass is 142 g/mol. The Morgan fingerprint density at radius 3 is 3.00 bits per heavy atom. The van der Waals surface area contributed by atoms with E-state index in [2.05, 4.69) is 12.0 Å². The Bertz CT molecular complexity index is 134. The van der Waals surface area contributed by atoms with Gasteiger partial charge in [-0.3, -0.25) is 5.01 Å². The average molecular weight is 142 g/mol. The lowest BCUT2D eigenvalue weighted by Gasteiger charge is -2.21. The molecule has 3 heteroatoms. The van der Waals surface area contributed by atoms with E-state index in [4.69, 9.17) is 5.11 Å². The van der Waals surface area contributed by atoms with E-state index in [1.807, 2.05) is 11.2 Å². The molecule has 0 aromatic carbocycles. The van der Waals surface area contributed by atoms with Crippen LogP contribution in [0.3, 0.4) is 0 Å². The Morgan fingerprint density at radius 1 is 1.90 bits per heavy atom. The predicted molar refractivity (Wildman–Crippen MR) is 41.0 cm³/mol. The van der Waals surface area contributed by atoms with Gasteiger partial charge in [0, 0.05) is 18.7 Å². The first-order valence-electron chi connectivity index (χ1n) is 3.67. The van der Waals surface area contributed by atoms with E-state index in [0.29, 0.717) is 12.6 Å². The molecule has 0 aromatic heterocycles. The van der Waals surface area contributed by atoms with Crippen LogP contribution in [0.15, 0.2) is 5.10 Å². The Labute approximate surface area is 61.3 Å². The minimum atomic E-state index is -0.280. The number of β-amino-alcohol motifs (C(OH)–C–C–N with tert-alkyl or cyclic N) is 1. The number of aliphatic hydroxyl groups is 1. The lowest BCUT2D eigenvalue weighted by Crippen LogP contribution is -2.30. The molecule has 0 unspecified atom stereocenters. The standard InChI is InChI=1S/C7H14N2O/c1-6-3-4-8-9(6)5-7(2)10/h4,6-7,10H,3,5H2,1-2H3/t6-,7+/m0/s1. The first kappa shape index (κ1) is 7.54. The van der Waals surface area contributed by atoms with Crippen LogP contribution >= 0.6 is 0 Å². The summed E-state index contributed by atoms with van der Waals surface area (Å²) in [5.74, 6) is 0. The molecule has 2 atom stereocenters. The second-order valence-corrected chi connectivity index (χ2v) is 2.85. The number of nitrogens with zero attached hydrogens (tertiary/aromatic N) is 2. The molecule has 58 valence electrons. The fourth-order valence-electron chi connectivity index (χ4n) is 1.04. The number of hydrogen-bond donors (Lipinski definition) is 1. The highest BCUT2D eigenvalue weighted by atomic mass is 16.3. The molecule has 0 aliphatic carbocycles. The van der Waals surface area contributed by atoms with Crippen molar-refractivity contribution in [3.8, 4) is 0 Å². The normalized spacial score (nSPS) is 27.5. The summed E-state index contributed by atoms with van der Waals surface area (Å²) in [4.78, 5) is 0. The van der Waals surface area contributed by atoms with Crippen LogP contribution in [0.2, 0.25) is 0 Å². The SMILES string of the molecule is C[C@@H](O)CN1N=CC[C@@H]1C. The molecular weight excluding hydrogens is 128 g/mol. The van der Waals surface area contributed by atoms with Crippen LogP contribution < -0.4 is 0 Å². The van der Waals surface area contributed by atoms with Crippen molar-refractivity contribution in [3.63, 3.8) is 0 Å². The Kier molecular flexibility index (Phi) is 2.27. The van der Waals surface area contributed by atoms with Gasteiger partial charge in [-0.1, -0.05) is 0 Å². The first-order valence-corrected chi connectivity index (χ1v) is 3.67. The van der Waals surface area contributed by atoms with Crippen LogP contribution in [-0.2, 0) is 0 Å². The van der Waals surface area contributed by atoms with Gasteiger partial charge in [0.2, 0.25) is 0 Å². The van der Waals surface area contributed by atoms with Gasteiger partial charge in [0.25, 0.3) is 0 Å². The molecule has 1 aliphatic heterocycles. The highest BCUT2D eigenvalue weighted by Gasteiger charge is 2.16. The average Bonchev–Trinajstić information content (AvgIpc) is 2.15. The summed E-state index contributed by atoms with van der Waals surface area (Å²) in [6, 6.07) is 0.467. The van der Waals surface area contributed by atoms with E-state index in [0.717, 1.165) is 6.42 Å². The maximum atomic E-state index is 9.02. The summed E-state index contributed by atoms with van der Waals surface area (Å²) in [6.45, 7) is 4.54. The number of hydrogen-bond acceptors (Lipinski definition) is 3. The fraction of sp³-hybridized carbons (Fsp3) is 0.857.